The second kappa shape index (κ2) is 5.82. The molecular weight excluding hydrogens is 148 g/mol. The number of nitrogens with two attached hydrogens (primary N) is 1. The smallest absolute Gasteiger partial charge is 0.252 e. The van der Waals surface area contributed by atoms with E-state index in [0.717, 1.165) is 0 Å². The van der Waals surface area contributed by atoms with E-state index < -0.39 is 11.8 Å². The molecule has 0 aliphatic carbocycles. The predicted octanol–water partition coefficient (Wildman–Crippen LogP) is -1.38. The first-order valence-electron chi connectivity index (χ1n) is 3.31. The molecule has 0 heterocycles. The molecule has 11 heavy (non-hydrogen) atoms. The van der Waals surface area contributed by atoms with E-state index >= 15 is 0 Å². The van der Waals surface area contributed by atoms with Gasteiger partial charge in [-0.05, 0) is 6.92 Å². The summed E-state index contributed by atoms with van der Waals surface area (Å²) in [6.45, 7) is 1.93. The van der Waals surface area contributed by atoms with Crippen LogP contribution in [0.3, 0.4) is 0 Å². The highest BCUT2D eigenvalue weighted by Gasteiger charge is 2.04. The average molecular weight is 160 g/mol. The number of carbonyl (C=O) groups excluding carboxylic acids is 2. The molecule has 0 unspecified atom stereocenters. The first-order chi connectivity index (χ1) is 5.20. The van der Waals surface area contributed by atoms with Gasteiger partial charge in [0.15, 0.2) is 0 Å². The Labute approximate surface area is 64.9 Å². The van der Waals surface area contributed by atoms with E-state index in [1.54, 1.807) is 6.92 Å². The Morgan fingerprint density at radius 2 is 2.09 bits per heavy atom. The Balaban J connectivity index is 3.44. The maximum atomic E-state index is 10.7. The number of rotatable bonds is 4. The molecule has 0 aliphatic heterocycles. The fourth-order valence-corrected chi connectivity index (χ4v) is 0.437. The highest BCUT2D eigenvalue weighted by atomic mass is 16.5. The van der Waals surface area contributed by atoms with Crippen molar-refractivity contribution in [2.75, 3.05) is 19.8 Å². The van der Waals surface area contributed by atoms with Crippen LogP contribution in [0.1, 0.15) is 6.92 Å². The minimum atomic E-state index is -0.491. The van der Waals surface area contributed by atoms with Crippen LogP contribution in [0.5, 0.6) is 0 Å². The van der Waals surface area contributed by atoms with E-state index in [0.29, 0.717) is 6.61 Å². The van der Waals surface area contributed by atoms with Gasteiger partial charge in [-0.1, -0.05) is 0 Å². The maximum absolute atomic E-state index is 10.7. The van der Waals surface area contributed by atoms with E-state index in [1.807, 2.05) is 5.32 Å². The van der Waals surface area contributed by atoms with Gasteiger partial charge >= 0.3 is 0 Å². The van der Waals surface area contributed by atoms with Gasteiger partial charge in [0.05, 0.1) is 6.54 Å². The van der Waals surface area contributed by atoms with Crippen molar-refractivity contribution >= 4 is 11.8 Å². The number of hydrogen-bond donors (Lipinski definition) is 2. The van der Waals surface area contributed by atoms with Crippen LogP contribution in [0.15, 0.2) is 0 Å². The van der Waals surface area contributed by atoms with Crippen molar-refractivity contribution in [2.45, 2.75) is 6.92 Å². The molecule has 0 atom stereocenters. The van der Waals surface area contributed by atoms with Gasteiger partial charge in [0.2, 0.25) is 5.91 Å². The lowest BCUT2D eigenvalue weighted by Gasteiger charge is -2.00. The first-order valence-corrected chi connectivity index (χ1v) is 3.31. The van der Waals surface area contributed by atoms with Crippen LogP contribution in [0.25, 0.3) is 0 Å². The third-order valence-electron chi connectivity index (χ3n) is 0.902. The Hall–Kier alpha value is -0.940. The van der Waals surface area contributed by atoms with Gasteiger partial charge in [0.1, 0.15) is 6.61 Å². The van der Waals surface area contributed by atoms with Crippen molar-refractivity contribution in [3.63, 3.8) is 0 Å². The lowest BCUT2D eigenvalue weighted by molar-refractivity contribution is -0.132. The molecule has 0 aromatic heterocycles. The minimum absolute atomic E-state index is 0.0950. The molecule has 5 heteroatoms. The summed E-state index contributed by atoms with van der Waals surface area (Å²) in [7, 11) is 0. The standard InChI is InChI=1S/C6H12N2O3/c1-2-11-4-6(10)8-5(9)3-7/h2-4,7H2,1H3,(H,8,9,10). The summed E-state index contributed by atoms with van der Waals surface area (Å²) in [5.41, 5.74) is 4.94. The lowest BCUT2D eigenvalue weighted by Crippen LogP contribution is -2.37. The molecular formula is C6H12N2O3. The minimum Gasteiger partial charge on any atom is -0.372 e. The van der Waals surface area contributed by atoms with Crippen LogP contribution in [-0.4, -0.2) is 31.6 Å². The van der Waals surface area contributed by atoms with Crippen molar-refractivity contribution in [1.82, 2.24) is 5.32 Å². The quantitative estimate of drug-likeness (QED) is 0.531. The Morgan fingerprint density at radius 3 is 2.55 bits per heavy atom. The molecule has 0 aromatic rings. The van der Waals surface area contributed by atoms with Gasteiger partial charge in [-0.15, -0.1) is 0 Å². The summed E-state index contributed by atoms with van der Waals surface area (Å²) in [5.74, 6) is -0.947. The molecule has 0 fully saturated rings. The lowest BCUT2D eigenvalue weighted by atomic mass is 10.5. The van der Waals surface area contributed by atoms with E-state index in [1.165, 1.54) is 0 Å². The molecule has 64 valence electrons. The monoisotopic (exact) mass is 160 g/mol. The van der Waals surface area contributed by atoms with Crippen LogP contribution in [0, 0.1) is 0 Å². The summed E-state index contributed by atoms with van der Waals surface area (Å²) in [5, 5.41) is 2.04. The van der Waals surface area contributed by atoms with Crippen LogP contribution in [0.2, 0.25) is 0 Å². The zero-order valence-electron chi connectivity index (χ0n) is 6.42. The van der Waals surface area contributed by atoms with Crippen molar-refractivity contribution in [1.29, 1.82) is 0 Å². The first kappa shape index (κ1) is 10.1. The van der Waals surface area contributed by atoms with Gasteiger partial charge in [0, 0.05) is 6.61 Å². The van der Waals surface area contributed by atoms with E-state index in [9.17, 15) is 9.59 Å². The summed E-state index contributed by atoms with van der Waals surface area (Å²) in [4.78, 5) is 21.1. The molecule has 0 aliphatic rings. The van der Waals surface area contributed by atoms with Crippen LogP contribution in [-0.2, 0) is 14.3 Å². The molecule has 3 N–H and O–H groups in total. The number of hydrogen-bond acceptors (Lipinski definition) is 4. The average Bonchev–Trinajstić information content (AvgIpc) is 2.00. The van der Waals surface area contributed by atoms with Crippen molar-refractivity contribution in [3.8, 4) is 0 Å². The summed E-state index contributed by atoms with van der Waals surface area (Å²) in [6, 6.07) is 0. The third-order valence-corrected chi connectivity index (χ3v) is 0.902. The topological polar surface area (TPSA) is 81.4 Å². The fourth-order valence-electron chi connectivity index (χ4n) is 0.437. The molecule has 0 aromatic carbocycles. The Kier molecular flexibility index (Phi) is 5.32. The molecule has 0 bridgehead atoms. The highest BCUT2D eigenvalue weighted by Crippen LogP contribution is 1.73. The molecule has 0 radical (unpaired) electrons. The van der Waals surface area contributed by atoms with Gasteiger partial charge in [-0.3, -0.25) is 14.9 Å². The highest BCUT2D eigenvalue weighted by molar-refractivity contribution is 5.96. The molecule has 0 spiro atoms. The summed E-state index contributed by atoms with van der Waals surface area (Å²) in [6.07, 6.45) is 0. The molecule has 5 nitrogen and oxygen atoms in total. The number of amides is 2. The normalized spacial score (nSPS) is 9.27. The van der Waals surface area contributed by atoms with Crippen LogP contribution in [0.4, 0.5) is 0 Å². The zero-order valence-corrected chi connectivity index (χ0v) is 6.42. The number of nitrogens with one attached hydrogen (secondary N) is 1. The van der Waals surface area contributed by atoms with E-state index in [-0.39, 0.29) is 13.2 Å². The Morgan fingerprint density at radius 1 is 1.45 bits per heavy atom. The molecule has 0 rings (SSSR count). The van der Waals surface area contributed by atoms with Gasteiger partial charge in [-0.2, -0.15) is 0 Å². The van der Waals surface area contributed by atoms with Crippen molar-refractivity contribution < 1.29 is 14.3 Å². The zero-order chi connectivity index (χ0) is 8.69. The SMILES string of the molecule is CCOCC(=O)NC(=O)CN. The van der Waals surface area contributed by atoms with Gasteiger partial charge in [-0.25, -0.2) is 0 Å². The number of carbonyl (C=O) groups is 2. The van der Waals surface area contributed by atoms with Crippen LogP contribution >= 0.6 is 0 Å². The van der Waals surface area contributed by atoms with E-state index in [2.05, 4.69) is 0 Å². The van der Waals surface area contributed by atoms with Crippen molar-refractivity contribution in [3.05, 3.63) is 0 Å². The second-order valence-electron chi connectivity index (χ2n) is 1.81. The van der Waals surface area contributed by atoms with E-state index in [4.69, 9.17) is 10.5 Å². The van der Waals surface area contributed by atoms with Gasteiger partial charge < -0.3 is 10.5 Å². The second-order valence-corrected chi connectivity index (χ2v) is 1.81. The number of imide groups is 1. The number of ether oxygens (including phenoxy) is 1. The molecule has 0 saturated heterocycles. The third kappa shape index (κ3) is 5.50. The summed E-state index contributed by atoms with van der Waals surface area (Å²) < 4.78 is 4.74. The summed E-state index contributed by atoms with van der Waals surface area (Å²) >= 11 is 0. The predicted molar refractivity (Wildman–Crippen MR) is 38.7 cm³/mol. The maximum Gasteiger partial charge on any atom is 0.252 e. The molecule has 0 saturated carbocycles. The largest absolute Gasteiger partial charge is 0.372 e. The van der Waals surface area contributed by atoms with Gasteiger partial charge in [0.25, 0.3) is 5.91 Å². The Bertz CT molecular complexity index is 147. The van der Waals surface area contributed by atoms with Crippen LogP contribution < -0.4 is 11.1 Å². The molecule has 2 amide bonds. The fraction of sp³-hybridized carbons (Fsp3) is 0.667. The van der Waals surface area contributed by atoms with Crippen molar-refractivity contribution in [2.24, 2.45) is 5.73 Å².